The van der Waals surface area contributed by atoms with E-state index >= 15 is 0 Å². The van der Waals surface area contributed by atoms with Crippen molar-refractivity contribution in [2.75, 3.05) is 47.8 Å². The first-order chi connectivity index (χ1) is 18.9. The number of nitrogens with one attached hydrogen (secondary N) is 2. The van der Waals surface area contributed by atoms with Crippen LogP contribution >= 0.6 is 23.8 Å². The maximum Gasteiger partial charge on any atom is 0.232 e. The smallest absolute Gasteiger partial charge is 0.232 e. The van der Waals surface area contributed by atoms with Gasteiger partial charge >= 0.3 is 0 Å². The Morgan fingerprint density at radius 3 is 2.23 bits per heavy atom. The molecule has 0 bridgehead atoms. The second-order valence-electron chi connectivity index (χ2n) is 12.3. The Labute approximate surface area is 245 Å². The number of hydrogen-bond donors (Lipinski definition) is 2. The molecule has 3 aliphatic rings. The van der Waals surface area contributed by atoms with Crippen LogP contribution in [0.1, 0.15) is 83.6 Å². The van der Waals surface area contributed by atoms with Crippen LogP contribution < -0.4 is 20.4 Å². The van der Waals surface area contributed by atoms with E-state index in [4.69, 9.17) is 33.8 Å². The van der Waals surface area contributed by atoms with Crippen LogP contribution in [0, 0.1) is 11.8 Å². The number of aromatic nitrogens is 2. The fraction of sp³-hybridized carbons (Fsp3) is 0.645. The summed E-state index contributed by atoms with van der Waals surface area (Å²) in [5, 5.41) is 8.31. The largest absolute Gasteiger partial charge is 0.361 e. The van der Waals surface area contributed by atoms with Gasteiger partial charge in [-0.3, -0.25) is 0 Å². The summed E-state index contributed by atoms with van der Waals surface area (Å²) in [6.07, 6.45) is 12.3. The molecule has 5 rings (SSSR count). The molecule has 3 heterocycles. The molecule has 1 aromatic heterocycles. The summed E-state index contributed by atoms with van der Waals surface area (Å²) in [5.74, 6) is 3.93. The minimum Gasteiger partial charge on any atom is -0.361 e. The summed E-state index contributed by atoms with van der Waals surface area (Å²) in [6, 6.07) is 10.6. The number of piperidine rings is 1. The SMILES string of the molecule is C[C@@H]1C[C@@H](C)CN(c2cc(N3CCCCCC3)nc(NC(=S)NCC3(c4cccc(Cl)c4)CCCCC3)n2)C1. The molecule has 0 amide bonds. The number of anilines is 3. The predicted molar refractivity (Wildman–Crippen MR) is 168 cm³/mol. The van der Waals surface area contributed by atoms with Crippen LogP contribution in [-0.4, -0.2) is 47.8 Å². The number of rotatable bonds is 6. The van der Waals surface area contributed by atoms with Gasteiger partial charge in [-0.15, -0.1) is 0 Å². The van der Waals surface area contributed by atoms with Crippen molar-refractivity contribution in [1.82, 2.24) is 15.3 Å². The molecule has 2 aliphatic heterocycles. The molecule has 6 nitrogen and oxygen atoms in total. The van der Waals surface area contributed by atoms with Crippen molar-refractivity contribution in [3.8, 4) is 0 Å². The van der Waals surface area contributed by atoms with Gasteiger partial charge < -0.3 is 20.4 Å². The summed E-state index contributed by atoms with van der Waals surface area (Å²) < 4.78 is 0. The first-order valence-electron chi connectivity index (χ1n) is 15.1. The van der Waals surface area contributed by atoms with Crippen LogP contribution in [0.25, 0.3) is 0 Å². The van der Waals surface area contributed by atoms with Gasteiger partial charge in [-0.2, -0.15) is 9.97 Å². The van der Waals surface area contributed by atoms with Crippen molar-refractivity contribution >= 4 is 46.5 Å². The van der Waals surface area contributed by atoms with Crippen LogP contribution in [0.5, 0.6) is 0 Å². The molecule has 39 heavy (non-hydrogen) atoms. The highest BCUT2D eigenvalue weighted by Crippen LogP contribution is 2.40. The molecule has 2 saturated heterocycles. The molecule has 2 aromatic rings. The first-order valence-corrected chi connectivity index (χ1v) is 15.9. The van der Waals surface area contributed by atoms with Crippen LogP contribution in [0.15, 0.2) is 30.3 Å². The highest BCUT2D eigenvalue weighted by atomic mass is 35.5. The molecule has 0 unspecified atom stereocenters. The van der Waals surface area contributed by atoms with Gasteiger partial charge in [-0.1, -0.05) is 69.7 Å². The zero-order valence-electron chi connectivity index (χ0n) is 23.7. The molecule has 0 radical (unpaired) electrons. The third-order valence-electron chi connectivity index (χ3n) is 8.88. The maximum absolute atomic E-state index is 6.40. The number of thiocarbonyl (C=S) groups is 1. The van der Waals surface area contributed by atoms with Gasteiger partial charge in [0, 0.05) is 49.2 Å². The van der Waals surface area contributed by atoms with Crippen LogP contribution in [-0.2, 0) is 5.41 Å². The van der Waals surface area contributed by atoms with E-state index in [0.717, 1.165) is 62.2 Å². The summed E-state index contributed by atoms with van der Waals surface area (Å²) in [4.78, 5) is 14.9. The quantitative estimate of drug-likeness (QED) is 0.358. The lowest BCUT2D eigenvalue weighted by Gasteiger charge is -2.38. The Kier molecular flexibility index (Phi) is 9.49. The van der Waals surface area contributed by atoms with Gasteiger partial charge in [0.15, 0.2) is 5.11 Å². The van der Waals surface area contributed by atoms with Gasteiger partial charge in [0.25, 0.3) is 0 Å². The Bertz CT molecular complexity index is 1100. The fourth-order valence-electron chi connectivity index (χ4n) is 6.96. The van der Waals surface area contributed by atoms with Gasteiger partial charge in [0.1, 0.15) is 11.6 Å². The van der Waals surface area contributed by atoms with Crippen LogP contribution in [0.2, 0.25) is 5.02 Å². The molecule has 212 valence electrons. The summed E-state index contributed by atoms with van der Waals surface area (Å²) in [6.45, 7) is 9.63. The minimum absolute atomic E-state index is 0.0366. The van der Waals surface area contributed by atoms with E-state index in [-0.39, 0.29) is 5.41 Å². The van der Waals surface area contributed by atoms with Crippen molar-refractivity contribution < 1.29 is 0 Å². The molecule has 8 heteroatoms. The van der Waals surface area contributed by atoms with E-state index in [9.17, 15) is 0 Å². The number of nitrogens with zero attached hydrogens (tertiary/aromatic N) is 4. The van der Waals surface area contributed by atoms with Crippen molar-refractivity contribution in [2.45, 2.75) is 83.5 Å². The zero-order chi connectivity index (χ0) is 27.2. The molecule has 3 fully saturated rings. The van der Waals surface area contributed by atoms with Gasteiger partial charge in [0.05, 0.1) is 0 Å². The fourth-order valence-corrected chi connectivity index (χ4v) is 7.32. The number of halogens is 1. The molecule has 1 aliphatic carbocycles. The third kappa shape index (κ3) is 7.35. The van der Waals surface area contributed by atoms with E-state index in [2.05, 4.69) is 58.5 Å². The van der Waals surface area contributed by atoms with Crippen molar-refractivity contribution in [3.05, 3.63) is 40.9 Å². The topological polar surface area (TPSA) is 56.3 Å². The summed E-state index contributed by atoms with van der Waals surface area (Å²) in [5.41, 5.74) is 1.34. The second-order valence-corrected chi connectivity index (χ2v) is 13.2. The van der Waals surface area contributed by atoms with Gasteiger partial charge in [0.2, 0.25) is 5.95 Å². The highest BCUT2D eigenvalue weighted by molar-refractivity contribution is 7.80. The normalized spacial score (nSPS) is 23.7. The van der Waals surface area contributed by atoms with Crippen LogP contribution in [0.4, 0.5) is 17.6 Å². The Morgan fingerprint density at radius 2 is 1.56 bits per heavy atom. The molecular formula is C31H45ClN6S. The molecule has 1 aromatic carbocycles. The van der Waals surface area contributed by atoms with Crippen molar-refractivity contribution in [1.29, 1.82) is 0 Å². The van der Waals surface area contributed by atoms with E-state index in [1.165, 1.54) is 56.9 Å². The lowest BCUT2D eigenvalue weighted by Crippen LogP contribution is -2.44. The lowest BCUT2D eigenvalue weighted by atomic mass is 9.69. The molecule has 2 atom stereocenters. The number of benzene rings is 1. The Hall–Kier alpha value is -2.12. The number of hydrogen-bond acceptors (Lipinski definition) is 5. The van der Waals surface area contributed by atoms with E-state index in [1.54, 1.807) is 0 Å². The van der Waals surface area contributed by atoms with E-state index < -0.39 is 0 Å². The summed E-state index contributed by atoms with van der Waals surface area (Å²) in [7, 11) is 0. The highest BCUT2D eigenvalue weighted by Gasteiger charge is 2.34. The Balaban J connectivity index is 1.34. The molecule has 1 saturated carbocycles. The molecule has 0 spiro atoms. The van der Waals surface area contributed by atoms with Crippen molar-refractivity contribution in [3.63, 3.8) is 0 Å². The average molecular weight is 569 g/mol. The van der Waals surface area contributed by atoms with Crippen molar-refractivity contribution in [2.24, 2.45) is 11.8 Å². The van der Waals surface area contributed by atoms with Gasteiger partial charge in [-0.25, -0.2) is 0 Å². The maximum atomic E-state index is 6.40. The van der Waals surface area contributed by atoms with E-state index in [0.29, 0.717) is 22.9 Å². The first kappa shape index (κ1) is 28.4. The third-order valence-corrected chi connectivity index (χ3v) is 9.36. The monoisotopic (exact) mass is 568 g/mol. The van der Waals surface area contributed by atoms with Crippen LogP contribution in [0.3, 0.4) is 0 Å². The zero-order valence-corrected chi connectivity index (χ0v) is 25.3. The molecular weight excluding hydrogens is 524 g/mol. The van der Waals surface area contributed by atoms with Gasteiger partial charge in [-0.05, 0) is 73.9 Å². The Morgan fingerprint density at radius 1 is 0.923 bits per heavy atom. The predicted octanol–water partition coefficient (Wildman–Crippen LogP) is 7.18. The van der Waals surface area contributed by atoms with E-state index in [1.807, 2.05) is 6.07 Å². The average Bonchev–Trinajstić information content (AvgIpc) is 3.22. The summed E-state index contributed by atoms with van der Waals surface area (Å²) >= 11 is 12.2. The lowest BCUT2D eigenvalue weighted by molar-refractivity contribution is 0.292. The minimum atomic E-state index is 0.0366. The molecule has 2 N–H and O–H groups in total. The standard InChI is InChI=1S/C31H45ClN6S/c1-23-17-24(2)21-38(20-23)28-19-27(37-15-8-3-4-9-16-37)34-29(35-28)36-30(39)33-22-31(13-6-5-7-14-31)25-11-10-12-26(32)18-25/h10-12,18-19,23-24H,3-9,13-17,20-22H2,1-2H3,(H2,33,34,35,36,39)/t23-,24-/m1/s1. The second kappa shape index (κ2) is 13.0.